The second-order valence-electron chi connectivity index (χ2n) is 6.34. The van der Waals surface area contributed by atoms with Crippen LogP contribution in [0.3, 0.4) is 0 Å². The number of hydrogen-bond donors (Lipinski definition) is 1. The molecule has 1 N–H and O–H groups in total. The van der Waals surface area contributed by atoms with E-state index in [-0.39, 0.29) is 18.4 Å². The number of benzene rings is 1. The second-order valence-corrected chi connectivity index (χ2v) is 6.34. The van der Waals surface area contributed by atoms with Gasteiger partial charge < -0.3 is 9.84 Å². The maximum absolute atomic E-state index is 13.9. The Labute approximate surface area is 135 Å². The maximum Gasteiger partial charge on any atom is 0.394 e. The molecular weight excluding hydrogens is 335 g/mol. The minimum atomic E-state index is -4.54. The molecule has 2 rings (SSSR count). The molecule has 0 bridgehead atoms. The Balaban J connectivity index is 2.46. The average molecular weight is 352 g/mol. The van der Waals surface area contributed by atoms with Crippen LogP contribution in [0.25, 0.3) is 0 Å². The first-order valence-corrected chi connectivity index (χ1v) is 7.33. The first-order chi connectivity index (χ1) is 11.0. The number of carbonyl (C=O) groups is 1. The third-order valence-electron chi connectivity index (χ3n) is 4.85. The van der Waals surface area contributed by atoms with Crippen LogP contribution >= 0.6 is 0 Å². The number of aliphatic carboxylic acids is 1. The third-order valence-corrected chi connectivity index (χ3v) is 4.85. The molecular formula is C16H17F5O3. The molecule has 1 aliphatic rings. The molecule has 134 valence electrons. The number of carboxylic acid groups (broad SMARTS) is 1. The van der Waals surface area contributed by atoms with E-state index in [0.29, 0.717) is 0 Å². The van der Waals surface area contributed by atoms with Gasteiger partial charge in [0.2, 0.25) is 5.82 Å². The Morgan fingerprint density at radius 1 is 1.33 bits per heavy atom. The summed E-state index contributed by atoms with van der Waals surface area (Å²) in [6, 6.07) is 2.00. The van der Waals surface area contributed by atoms with Crippen molar-refractivity contribution in [1.29, 1.82) is 0 Å². The normalized spacial score (nSPS) is 27.8. The molecule has 3 unspecified atom stereocenters. The number of rotatable bonds is 3. The van der Waals surface area contributed by atoms with Gasteiger partial charge in [0, 0.05) is 11.5 Å². The Hall–Kier alpha value is -1.86. The molecule has 0 saturated heterocycles. The van der Waals surface area contributed by atoms with Gasteiger partial charge in [0.15, 0.2) is 11.6 Å². The van der Waals surface area contributed by atoms with Gasteiger partial charge in [0.1, 0.15) is 0 Å². The van der Waals surface area contributed by atoms with E-state index < -0.39 is 53.2 Å². The Morgan fingerprint density at radius 2 is 1.96 bits per heavy atom. The summed E-state index contributed by atoms with van der Waals surface area (Å²) in [5, 5.41) is 9.38. The molecule has 0 spiro atoms. The highest BCUT2D eigenvalue weighted by Gasteiger charge is 2.56. The molecule has 1 aromatic carbocycles. The molecule has 3 nitrogen and oxygen atoms in total. The first-order valence-electron chi connectivity index (χ1n) is 7.33. The van der Waals surface area contributed by atoms with Gasteiger partial charge in [-0.3, -0.25) is 4.79 Å². The Kier molecular flexibility index (Phi) is 4.79. The summed E-state index contributed by atoms with van der Waals surface area (Å²) < 4.78 is 71.7. The zero-order valence-electron chi connectivity index (χ0n) is 13.1. The minimum Gasteiger partial charge on any atom is -0.493 e. The molecule has 8 heteroatoms. The van der Waals surface area contributed by atoms with E-state index in [9.17, 15) is 31.9 Å². The van der Waals surface area contributed by atoms with E-state index in [1.54, 1.807) is 0 Å². The smallest absolute Gasteiger partial charge is 0.394 e. The van der Waals surface area contributed by atoms with Crippen LogP contribution in [-0.4, -0.2) is 24.4 Å². The highest BCUT2D eigenvalue weighted by atomic mass is 19.4. The van der Waals surface area contributed by atoms with Gasteiger partial charge in [-0.15, -0.1) is 0 Å². The van der Waals surface area contributed by atoms with Crippen LogP contribution in [0.2, 0.25) is 0 Å². The zero-order valence-corrected chi connectivity index (χ0v) is 13.1. The molecule has 24 heavy (non-hydrogen) atoms. The van der Waals surface area contributed by atoms with E-state index >= 15 is 0 Å². The Morgan fingerprint density at radius 3 is 2.46 bits per heavy atom. The fraction of sp³-hybridized carbons (Fsp3) is 0.562. The van der Waals surface area contributed by atoms with Crippen molar-refractivity contribution >= 4 is 5.97 Å². The maximum atomic E-state index is 13.9. The topological polar surface area (TPSA) is 46.5 Å². The minimum absolute atomic E-state index is 0.0769. The zero-order chi connectivity index (χ0) is 18.3. The molecule has 0 aliphatic heterocycles. The quantitative estimate of drug-likeness (QED) is 0.814. The third kappa shape index (κ3) is 3.06. The van der Waals surface area contributed by atoms with E-state index in [4.69, 9.17) is 4.74 Å². The van der Waals surface area contributed by atoms with Crippen LogP contribution in [-0.2, 0) is 4.79 Å². The van der Waals surface area contributed by atoms with Crippen LogP contribution in [0, 0.1) is 23.0 Å². The lowest BCUT2D eigenvalue weighted by Gasteiger charge is -2.42. The van der Waals surface area contributed by atoms with Crippen LogP contribution < -0.4 is 4.74 Å². The largest absolute Gasteiger partial charge is 0.493 e. The molecule has 1 fully saturated rings. The SMILES string of the molecule is COc1c(C2CCC(C)(C(F)(F)F)CC2C(=O)O)ccc(F)c1F. The van der Waals surface area contributed by atoms with Crippen molar-refractivity contribution in [3.05, 3.63) is 29.3 Å². The summed E-state index contributed by atoms with van der Waals surface area (Å²) in [5.74, 6) is -6.56. The number of hydrogen-bond acceptors (Lipinski definition) is 2. The number of carboxylic acids is 1. The summed E-state index contributed by atoms with van der Waals surface area (Å²) in [6.45, 7) is 0.988. The van der Waals surface area contributed by atoms with Crippen LogP contribution in [0.5, 0.6) is 5.75 Å². The lowest BCUT2D eigenvalue weighted by atomic mass is 9.64. The molecule has 3 atom stereocenters. The van der Waals surface area contributed by atoms with Gasteiger partial charge in [0.25, 0.3) is 0 Å². The molecule has 1 saturated carbocycles. The fourth-order valence-electron chi connectivity index (χ4n) is 3.34. The van der Waals surface area contributed by atoms with Gasteiger partial charge in [0.05, 0.1) is 18.4 Å². The molecule has 0 amide bonds. The van der Waals surface area contributed by atoms with Crippen molar-refractivity contribution in [2.45, 2.75) is 38.3 Å². The van der Waals surface area contributed by atoms with Gasteiger partial charge in [-0.25, -0.2) is 4.39 Å². The van der Waals surface area contributed by atoms with E-state index in [1.807, 2.05) is 0 Å². The summed E-state index contributed by atoms with van der Waals surface area (Å²) in [7, 11) is 1.10. The number of ether oxygens (including phenoxy) is 1. The first kappa shape index (κ1) is 18.5. The highest BCUT2D eigenvalue weighted by molar-refractivity contribution is 5.72. The summed E-state index contributed by atoms with van der Waals surface area (Å²) >= 11 is 0. The van der Waals surface area contributed by atoms with Crippen LogP contribution in [0.15, 0.2) is 12.1 Å². The average Bonchev–Trinajstić information content (AvgIpc) is 2.49. The molecule has 0 radical (unpaired) electrons. The van der Waals surface area contributed by atoms with Gasteiger partial charge in [-0.1, -0.05) is 13.0 Å². The van der Waals surface area contributed by atoms with Crippen molar-refractivity contribution in [1.82, 2.24) is 0 Å². The van der Waals surface area contributed by atoms with Crippen LogP contribution in [0.4, 0.5) is 22.0 Å². The number of methoxy groups -OCH3 is 1. The van der Waals surface area contributed by atoms with Crippen molar-refractivity contribution in [2.24, 2.45) is 11.3 Å². The van der Waals surface area contributed by atoms with Gasteiger partial charge in [-0.2, -0.15) is 17.6 Å². The lowest BCUT2D eigenvalue weighted by Crippen LogP contribution is -2.43. The predicted octanol–water partition coefficient (Wildman–Crippen LogP) is 4.51. The molecule has 0 heterocycles. The van der Waals surface area contributed by atoms with E-state index in [0.717, 1.165) is 20.1 Å². The molecule has 1 aromatic rings. The number of halogens is 5. The van der Waals surface area contributed by atoms with Crippen molar-refractivity contribution in [2.75, 3.05) is 7.11 Å². The van der Waals surface area contributed by atoms with Crippen molar-refractivity contribution in [3.8, 4) is 5.75 Å². The highest BCUT2D eigenvalue weighted by Crippen LogP contribution is 2.55. The summed E-state index contributed by atoms with van der Waals surface area (Å²) in [5.41, 5.74) is -2.05. The fourth-order valence-corrected chi connectivity index (χ4v) is 3.34. The van der Waals surface area contributed by atoms with E-state index in [2.05, 4.69) is 0 Å². The predicted molar refractivity (Wildman–Crippen MR) is 74.8 cm³/mol. The Bertz CT molecular complexity index is 643. The van der Waals surface area contributed by atoms with Crippen molar-refractivity contribution < 1.29 is 36.6 Å². The number of alkyl halides is 3. The van der Waals surface area contributed by atoms with Gasteiger partial charge in [-0.05, 0) is 25.3 Å². The van der Waals surface area contributed by atoms with E-state index in [1.165, 1.54) is 6.07 Å². The molecule has 1 aliphatic carbocycles. The molecule has 0 aromatic heterocycles. The second kappa shape index (κ2) is 6.22. The lowest BCUT2D eigenvalue weighted by molar-refractivity contribution is -0.233. The van der Waals surface area contributed by atoms with Crippen molar-refractivity contribution in [3.63, 3.8) is 0 Å². The summed E-state index contributed by atoms with van der Waals surface area (Å²) in [4.78, 5) is 11.5. The van der Waals surface area contributed by atoms with Crippen LogP contribution in [0.1, 0.15) is 37.7 Å². The standard InChI is InChI=1S/C16H17F5O3/c1-15(16(19,20)21)6-5-8(10(7-15)14(22)23)9-3-4-11(17)12(18)13(9)24-2/h3-4,8,10H,5-7H2,1-2H3,(H,22,23). The van der Waals surface area contributed by atoms with Gasteiger partial charge >= 0.3 is 12.1 Å². The summed E-state index contributed by atoms with van der Waals surface area (Å²) in [6.07, 6.45) is -5.58. The monoisotopic (exact) mass is 352 g/mol.